The Bertz CT molecular complexity index is 634. The normalized spacial score (nSPS) is 26.4. The van der Waals surface area contributed by atoms with Gasteiger partial charge in [-0.15, -0.1) is 5.10 Å². The minimum atomic E-state index is -0.0711. The molecule has 25 heavy (non-hydrogen) atoms. The van der Waals surface area contributed by atoms with Crippen LogP contribution in [0.4, 0.5) is 0 Å². The van der Waals surface area contributed by atoms with Crippen molar-refractivity contribution < 1.29 is 14.3 Å². The summed E-state index contributed by atoms with van der Waals surface area (Å²) in [6.07, 6.45) is 4.48. The topological polar surface area (TPSA) is 84.4 Å². The van der Waals surface area contributed by atoms with Gasteiger partial charge in [0.05, 0.1) is 18.2 Å². The van der Waals surface area contributed by atoms with E-state index < -0.39 is 0 Å². The molecule has 2 saturated heterocycles. The average molecular weight is 344 g/mol. The molecule has 2 amide bonds. The van der Waals surface area contributed by atoms with Crippen LogP contribution in [0.2, 0.25) is 0 Å². The van der Waals surface area contributed by atoms with E-state index in [1.807, 2.05) is 17.0 Å². The lowest BCUT2D eigenvalue weighted by Gasteiger charge is -2.26. The largest absolute Gasteiger partial charge is 0.476 e. The number of nitrogens with one attached hydrogen (secondary N) is 1. The van der Waals surface area contributed by atoms with Crippen molar-refractivity contribution in [3.8, 4) is 5.88 Å². The number of likely N-dealkylation sites (tertiary alicyclic amines) is 1. The zero-order valence-electron chi connectivity index (χ0n) is 14.3. The van der Waals surface area contributed by atoms with Crippen molar-refractivity contribution in [2.24, 2.45) is 11.8 Å². The molecule has 3 fully saturated rings. The molecule has 2 aliphatic heterocycles. The van der Waals surface area contributed by atoms with Crippen LogP contribution in [-0.4, -0.2) is 53.2 Å². The van der Waals surface area contributed by atoms with Crippen LogP contribution < -0.4 is 10.1 Å². The quantitative estimate of drug-likeness (QED) is 0.865. The summed E-state index contributed by atoms with van der Waals surface area (Å²) in [6, 6.07) is 3.89. The summed E-state index contributed by atoms with van der Waals surface area (Å²) in [7, 11) is 0. The predicted molar refractivity (Wildman–Crippen MR) is 89.9 cm³/mol. The van der Waals surface area contributed by atoms with Crippen molar-refractivity contribution in [3.63, 3.8) is 0 Å². The highest BCUT2D eigenvalue weighted by atomic mass is 16.5. The Balaban J connectivity index is 1.23. The Morgan fingerprint density at radius 3 is 2.80 bits per heavy atom. The van der Waals surface area contributed by atoms with Gasteiger partial charge in [0.1, 0.15) is 0 Å². The second-order valence-electron chi connectivity index (χ2n) is 7.36. The third kappa shape index (κ3) is 3.91. The van der Waals surface area contributed by atoms with Gasteiger partial charge in [-0.2, -0.15) is 5.10 Å². The van der Waals surface area contributed by atoms with Gasteiger partial charge in [-0.25, -0.2) is 0 Å². The van der Waals surface area contributed by atoms with Crippen LogP contribution in [0.3, 0.4) is 0 Å². The molecule has 7 nitrogen and oxygen atoms in total. The van der Waals surface area contributed by atoms with Gasteiger partial charge in [0, 0.05) is 44.0 Å². The summed E-state index contributed by atoms with van der Waals surface area (Å²) < 4.78 is 5.76. The van der Waals surface area contributed by atoms with Crippen LogP contribution in [0, 0.1) is 11.8 Å². The van der Waals surface area contributed by atoms with Crippen molar-refractivity contribution >= 4 is 11.8 Å². The third-order valence-corrected chi connectivity index (χ3v) is 5.34. The maximum Gasteiger partial charge on any atom is 0.233 e. The van der Waals surface area contributed by atoms with Gasteiger partial charge in [-0.05, 0) is 31.7 Å². The van der Waals surface area contributed by atoms with Gasteiger partial charge in [-0.3, -0.25) is 9.59 Å². The molecule has 1 aromatic heterocycles. The van der Waals surface area contributed by atoms with Crippen LogP contribution in [0.25, 0.3) is 0 Å². The molecule has 2 atom stereocenters. The number of carbonyl (C=O) groups excluding carboxylic acids is 2. The fourth-order valence-electron chi connectivity index (χ4n) is 3.58. The maximum absolute atomic E-state index is 12.5. The molecule has 2 unspecified atom stereocenters. The zero-order valence-corrected chi connectivity index (χ0v) is 14.3. The van der Waals surface area contributed by atoms with Gasteiger partial charge in [0.25, 0.3) is 0 Å². The molecule has 0 bridgehead atoms. The number of aromatic nitrogens is 2. The number of hydrogen-bond donors (Lipinski definition) is 1. The standard InChI is InChI=1S/C18H24N4O3/c23-16-5-3-14(9-19-16)18(24)22-8-7-12(10-22)11-25-17-6-4-15(20-21-17)13-1-2-13/h4,6,12-14H,1-3,5,7-11H2,(H,19,23). The molecule has 1 aliphatic carbocycles. The molecule has 0 spiro atoms. The second-order valence-corrected chi connectivity index (χ2v) is 7.36. The second kappa shape index (κ2) is 6.98. The molecule has 1 N–H and O–H groups in total. The number of piperidine rings is 1. The molecule has 4 rings (SSSR count). The number of ether oxygens (including phenoxy) is 1. The summed E-state index contributed by atoms with van der Waals surface area (Å²) in [4.78, 5) is 25.7. The van der Waals surface area contributed by atoms with Gasteiger partial charge >= 0.3 is 0 Å². The summed E-state index contributed by atoms with van der Waals surface area (Å²) in [5, 5.41) is 11.1. The lowest BCUT2D eigenvalue weighted by Crippen LogP contribution is -2.44. The van der Waals surface area contributed by atoms with Crippen molar-refractivity contribution in [1.29, 1.82) is 0 Å². The highest BCUT2D eigenvalue weighted by molar-refractivity contribution is 5.83. The first-order valence-corrected chi connectivity index (χ1v) is 9.21. The van der Waals surface area contributed by atoms with Crippen molar-refractivity contribution in [2.45, 2.75) is 38.0 Å². The molecule has 0 aromatic carbocycles. The highest BCUT2D eigenvalue weighted by Gasteiger charge is 2.33. The van der Waals surface area contributed by atoms with E-state index in [0.29, 0.717) is 43.7 Å². The van der Waals surface area contributed by atoms with Gasteiger partial charge < -0.3 is 15.0 Å². The molecule has 1 saturated carbocycles. The molecule has 1 aromatic rings. The summed E-state index contributed by atoms with van der Waals surface area (Å²) >= 11 is 0. The lowest BCUT2D eigenvalue weighted by atomic mass is 9.98. The van der Waals surface area contributed by atoms with Crippen LogP contribution in [-0.2, 0) is 9.59 Å². The zero-order chi connectivity index (χ0) is 17.2. The summed E-state index contributed by atoms with van der Waals surface area (Å²) in [5.74, 6) is 1.62. The Kier molecular flexibility index (Phi) is 4.55. The Hall–Kier alpha value is -2.18. The monoisotopic (exact) mass is 344 g/mol. The van der Waals surface area contributed by atoms with Gasteiger partial charge in [-0.1, -0.05) is 0 Å². The van der Waals surface area contributed by atoms with Crippen LogP contribution >= 0.6 is 0 Å². The fraction of sp³-hybridized carbons (Fsp3) is 0.667. The number of nitrogens with zero attached hydrogens (tertiary/aromatic N) is 3. The first kappa shape index (κ1) is 16.3. The first-order chi connectivity index (χ1) is 12.2. The molecule has 3 aliphatic rings. The van der Waals surface area contributed by atoms with E-state index in [4.69, 9.17) is 4.74 Å². The van der Waals surface area contributed by atoms with Crippen LogP contribution in [0.15, 0.2) is 12.1 Å². The summed E-state index contributed by atoms with van der Waals surface area (Å²) in [5.41, 5.74) is 1.06. The van der Waals surface area contributed by atoms with E-state index in [2.05, 4.69) is 15.5 Å². The van der Waals surface area contributed by atoms with E-state index in [-0.39, 0.29) is 17.7 Å². The lowest BCUT2D eigenvalue weighted by molar-refractivity contribution is -0.136. The fourth-order valence-corrected chi connectivity index (χ4v) is 3.58. The molecule has 3 heterocycles. The molecular formula is C18H24N4O3. The SMILES string of the molecule is O=C1CCC(C(=O)N2CCC(COc3ccc(C4CC4)nn3)C2)CN1. The van der Waals surface area contributed by atoms with Crippen molar-refractivity contribution in [3.05, 3.63) is 17.8 Å². The highest BCUT2D eigenvalue weighted by Crippen LogP contribution is 2.38. The van der Waals surface area contributed by atoms with Crippen molar-refractivity contribution in [1.82, 2.24) is 20.4 Å². The smallest absolute Gasteiger partial charge is 0.233 e. The average Bonchev–Trinajstić information content (AvgIpc) is 3.38. The maximum atomic E-state index is 12.5. The number of carbonyl (C=O) groups is 2. The predicted octanol–water partition coefficient (Wildman–Crippen LogP) is 1.11. The minimum Gasteiger partial charge on any atom is -0.476 e. The molecule has 134 valence electrons. The molecular weight excluding hydrogens is 320 g/mol. The van der Waals surface area contributed by atoms with E-state index in [9.17, 15) is 9.59 Å². The van der Waals surface area contributed by atoms with E-state index in [1.54, 1.807) is 0 Å². The molecule has 7 heteroatoms. The van der Waals surface area contributed by atoms with E-state index in [0.717, 1.165) is 25.2 Å². The number of rotatable bonds is 5. The van der Waals surface area contributed by atoms with E-state index >= 15 is 0 Å². The number of amides is 2. The number of hydrogen-bond acceptors (Lipinski definition) is 5. The van der Waals surface area contributed by atoms with Crippen molar-refractivity contribution in [2.75, 3.05) is 26.2 Å². The van der Waals surface area contributed by atoms with Gasteiger partial charge in [0.2, 0.25) is 17.7 Å². The van der Waals surface area contributed by atoms with E-state index in [1.165, 1.54) is 12.8 Å². The third-order valence-electron chi connectivity index (χ3n) is 5.34. The minimum absolute atomic E-state index is 0.0468. The van der Waals surface area contributed by atoms with Crippen LogP contribution in [0.1, 0.15) is 43.7 Å². The Labute approximate surface area is 147 Å². The summed E-state index contributed by atoms with van der Waals surface area (Å²) in [6.45, 7) is 2.52. The Morgan fingerprint density at radius 1 is 1.24 bits per heavy atom. The van der Waals surface area contributed by atoms with Gasteiger partial charge in [0.15, 0.2) is 0 Å². The first-order valence-electron chi connectivity index (χ1n) is 9.21. The van der Waals surface area contributed by atoms with Crippen LogP contribution in [0.5, 0.6) is 5.88 Å². The Morgan fingerprint density at radius 2 is 2.12 bits per heavy atom. The molecule has 0 radical (unpaired) electrons.